The van der Waals surface area contributed by atoms with Crippen LogP contribution in [-0.2, 0) is 19.4 Å². The Hall–Kier alpha value is -3.61. The molecule has 14 heteroatoms. The summed E-state index contributed by atoms with van der Waals surface area (Å²) in [5.41, 5.74) is -4.22. The molecule has 0 bridgehead atoms. The number of hydrogen-bond acceptors (Lipinski definition) is 5. The van der Waals surface area contributed by atoms with Gasteiger partial charge in [0.25, 0.3) is 5.56 Å². The van der Waals surface area contributed by atoms with Crippen molar-refractivity contribution in [3.63, 3.8) is 0 Å². The molecule has 0 spiro atoms. The molecule has 0 aliphatic heterocycles. The van der Waals surface area contributed by atoms with Crippen molar-refractivity contribution in [3.8, 4) is 23.0 Å². The second-order valence-electron chi connectivity index (χ2n) is 6.68. The quantitative estimate of drug-likeness (QED) is 0.400. The van der Waals surface area contributed by atoms with Crippen molar-refractivity contribution in [3.05, 3.63) is 63.2 Å². The van der Waals surface area contributed by atoms with E-state index < -0.39 is 51.5 Å². The van der Waals surface area contributed by atoms with E-state index in [-0.39, 0.29) is 5.69 Å². The van der Waals surface area contributed by atoms with Crippen molar-refractivity contribution in [2.45, 2.75) is 12.4 Å². The van der Waals surface area contributed by atoms with Crippen LogP contribution in [0.3, 0.4) is 0 Å². The number of fused-ring (bicyclic) bond motifs is 1. The maximum Gasteiger partial charge on any atom is 0.437 e. The monoisotopic (exact) mass is 489 g/mol. The molecular formula is C19H10ClF6N5O2. The highest BCUT2D eigenvalue weighted by Crippen LogP contribution is 2.40. The molecule has 7 nitrogen and oxygen atoms in total. The summed E-state index contributed by atoms with van der Waals surface area (Å²) in [6, 6.07) is 5.11. The summed E-state index contributed by atoms with van der Waals surface area (Å²) in [5, 5.41) is 3.69. The number of nitrogens with zero attached hydrogens (tertiary/aromatic N) is 4. The lowest BCUT2D eigenvalue weighted by Crippen LogP contribution is -2.21. The van der Waals surface area contributed by atoms with E-state index in [1.165, 1.54) is 30.1 Å². The van der Waals surface area contributed by atoms with Gasteiger partial charge in [-0.3, -0.25) is 4.79 Å². The zero-order valence-electron chi connectivity index (χ0n) is 16.2. The minimum Gasteiger partial charge on any atom is -0.449 e. The van der Waals surface area contributed by atoms with Crippen LogP contribution >= 0.6 is 11.6 Å². The Kier molecular flexibility index (Phi) is 5.31. The molecule has 0 aliphatic rings. The van der Waals surface area contributed by atoms with E-state index in [0.717, 1.165) is 12.1 Å². The fraction of sp³-hybridized carbons (Fsp3) is 0.158. The van der Waals surface area contributed by atoms with Crippen LogP contribution in [-0.4, -0.2) is 24.7 Å². The highest BCUT2D eigenvalue weighted by Gasteiger charge is 2.40. The maximum atomic E-state index is 13.7. The highest BCUT2D eigenvalue weighted by molar-refractivity contribution is 6.31. The summed E-state index contributed by atoms with van der Waals surface area (Å²) in [4.78, 5) is 22.2. The number of rotatable bonds is 3. The number of benzene rings is 1. The van der Waals surface area contributed by atoms with Crippen LogP contribution in [0, 0.1) is 0 Å². The van der Waals surface area contributed by atoms with Gasteiger partial charge in [-0.15, -0.1) is 0 Å². The lowest BCUT2D eigenvalue weighted by Gasteiger charge is -2.15. The Morgan fingerprint density at radius 3 is 2.48 bits per heavy atom. The number of alkyl halides is 6. The van der Waals surface area contributed by atoms with E-state index in [2.05, 4.69) is 20.1 Å². The third-order valence-electron chi connectivity index (χ3n) is 4.43. The molecule has 1 aromatic carbocycles. The van der Waals surface area contributed by atoms with Gasteiger partial charge in [-0.05, 0) is 30.3 Å². The van der Waals surface area contributed by atoms with Gasteiger partial charge in [0.15, 0.2) is 17.2 Å². The zero-order valence-corrected chi connectivity index (χ0v) is 17.0. The van der Waals surface area contributed by atoms with Crippen molar-refractivity contribution in [1.29, 1.82) is 0 Å². The first kappa shape index (κ1) is 22.6. The molecule has 172 valence electrons. The molecule has 4 aromatic rings. The number of H-pyrrole nitrogens is 1. The van der Waals surface area contributed by atoms with Crippen molar-refractivity contribution >= 4 is 22.6 Å². The second kappa shape index (κ2) is 7.76. The number of nitrogens with one attached hydrogen (secondary N) is 1. The first-order valence-corrected chi connectivity index (χ1v) is 9.28. The van der Waals surface area contributed by atoms with Crippen molar-refractivity contribution in [2.24, 2.45) is 7.05 Å². The molecule has 3 aromatic heterocycles. The summed E-state index contributed by atoms with van der Waals surface area (Å²) in [6.45, 7) is 0. The molecule has 0 saturated carbocycles. The lowest BCUT2D eigenvalue weighted by molar-refractivity contribution is -0.142. The maximum absolute atomic E-state index is 13.7. The van der Waals surface area contributed by atoms with Crippen molar-refractivity contribution in [1.82, 2.24) is 24.7 Å². The Morgan fingerprint density at radius 2 is 1.82 bits per heavy atom. The number of aromatic amines is 1. The summed E-state index contributed by atoms with van der Waals surface area (Å²) < 4.78 is 86.7. The van der Waals surface area contributed by atoms with E-state index in [4.69, 9.17) is 16.3 Å². The predicted octanol–water partition coefficient (Wildman–Crippen LogP) is 5.20. The zero-order chi connectivity index (χ0) is 24.1. The van der Waals surface area contributed by atoms with Crippen molar-refractivity contribution < 1.29 is 31.1 Å². The first-order chi connectivity index (χ1) is 15.4. The normalized spacial score (nSPS) is 12.4. The van der Waals surface area contributed by atoms with E-state index in [0.29, 0.717) is 17.1 Å². The number of aryl methyl sites for hydroxylation is 1. The fourth-order valence-electron chi connectivity index (χ4n) is 3.03. The Labute approximate surface area is 184 Å². The van der Waals surface area contributed by atoms with Crippen LogP contribution in [0.15, 0.2) is 41.3 Å². The summed E-state index contributed by atoms with van der Waals surface area (Å²) in [7, 11) is 1.50. The third kappa shape index (κ3) is 4.23. The number of aromatic nitrogens is 5. The van der Waals surface area contributed by atoms with Gasteiger partial charge in [0.1, 0.15) is 11.4 Å². The molecule has 33 heavy (non-hydrogen) atoms. The van der Waals surface area contributed by atoms with Crippen LogP contribution in [0.25, 0.3) is 22.6 Å². The number of hydrogen-bond donors (Lipinski definition) is 1. The molecule has 4 rings (SSSR count). The minimum atomic E-state index is -5.18. The molecule has 1 N–H and O–H groups in total. The molecule has 0 unspecified atom stereocenters. The molecule has 0 saturated heterocycles. The summed E-state index contributed by atoms with van der Waals surface area (Å²) >= 11 is 5.51. The first-order valence-electron chi connectivity index (χ1n) is 8.90. The Morgan fingerprint density at radius 1 is 1.09 bits per heavy atom. The minimum absolute atomic E-state index is 0.0828. The number of halogens is 7. The molecular weight excluding hydrogens is 480 g/mol. The van der Waals surface area contributed by atoms with Gasteiger partial charge in [-0.2, -0.15) is 31.4 Å². The van der Waals surface area contributed by atoms with Crippen LogP contribution in [0.5, 0.6) is 11.5 Å². The molecule has 0 aliphatic carbocycles. The SMILES string of the molecule is Cn1nc(-c2nc(C(F)(F)F)c(Oc3ccc(Cl)c(C(F)(F)F)c3)c(=O)[nH]2)c2cccnc21. The third-order valence-corrected chi connectivity index (χ3v) is 4.76. The number of ether oxygens (including phenoxy) is 1. The topological polar surface area (TPSA) is 85.7 Å². The van der Waals surface area contributed by atoms with Gasteiger partial charge in [-0.1, -0.05) is 11.6 Å². The molecule has 3 heterocycles. The second-order valence-corrected chi connectivity index (χ2v) is 7.09. The summed E-state index contributed by atoms with van der Waals surface area (Å²) in [6.07, 6.45) is -8.63. The van der Waals surface area contributed by atoms with Crippen LogP contribution < -0.4 is 10.3 Å². The molecule has 0 atom stereocenters. The molecule has 0 radical (unpaired) electrons. The van der Waals surface area contributed by atoms with Crippen LogP contribution in [0.4, 0.5) is 26.3 Å². The smallest absolute Gasteiger partial charge is 0.437 e. The van der Waals surface area contributed by atoms with E-state index >= 15 is 0 Å². The van der Waals surface area contributed by atoms with Gasteiger partial charge >= 0.3 is 12.4 Å². The summed E-state index contributed by atoms with van der Waals surface area (Å²) in [5.74, 6) is -2.55. The molecule has 0 fully saturated rings. The molecule has 0 amide bonds. The average molecular weight is 490 g/mol. The van der Waals surface area contributed by atoms with Gasteiger partial charge in [0.2, 0.25) is 5.75 Å². The Balaban J connectivity index is 1.87. The number of pyridine rings is 1. The predicted molar refractivity (Wildman–Crippen MR) is 104 cm³/mol. The fourth-order valence-corrected chi connectivity index (χ4v) is 3.25. The van der Waals surface area contributed by atoms with E-state index in [9.17, 15) is 31.1 Å². The van der Waals surface area contributed by atoms with Gasteiger partial charge in [-0.25, -0.2) is 14.6 Å². The average Bonchev–Trinajstić information content (AvgIpc) is 3.06. The lowest BCUT2D eigenvalue weighted by atomic mass is 10.2. The standard InChI is InChI=1S/C19H10ClF6N5O2/c1-31-16-9(3-2-6-27-16)12(30-31)15-28-14(19(24,25)26)13(17(32)29-15)33-8-4-5-11(20)10(7-8)18(21,22)23/h2-7H,1H3,(H,28,29,32). The van der Waals surface area contributed by atoms with E-state index in [1.807, 2.05) is 0 Å². The largest absolute Gasteiger partial charge is 0.449 e. The van der Waals surface area contributed by atoms with Crippen molar-refractivity contribution in [2.75, 3.05) is 0 Å². The Bertz CT molecular complexity index is 1430. The highest BCUT2D eigenvalue weighted by atomic mass is 35.5. The van der Waals surface area contributed by atoms with Crippen LogP contribution in [0.2, 0.25) is 5.02 Å². The van der Waals surface area contributed by atoms with Gasteiger partial charge in [0.05, 0.1) is 16.0 Å². The van der Waals surface area contributed by atoms with Crippen LogP contribution in [0.1, 0.15) is 11.3 Å². The van der Waals surface area contributed by atoms with Gasteiger partial charge in [0, 0.05) is 13.2 Å². The van der Waals surface area contributed by atoms with E-state index in [1.54, 1.807) is 0 Å². The van der Waals surface area contributed by atoms with Gasteiger partial charge < -0.3 is 9.72 Å².